The van der Waals surface area contributed by atoms with Crippen molar-refractivity contribution in [2.45, 2.75) is 74.1 Å². The molecule has 4 rings (SSSR count). The maximum Gasteiger partial charge on any atom is 0.162 e. The van der Waals surface area contributed by atoms with Gasteiger partial charge in [0.25, 0.3) is 0 Å². The third-order valence-electron chi connectivity index (χ3n) is 7.08. The van der Waals surface area contributed by atoms with E-state index in [1.807, 2.05) is 52.9 Å². The maximum absolute atomic E-state index is 11.7. The van der Waals surface area contributed by atoms with Gasteiger partial charge in [-0.3, -0.25) is 4.79 Å². The van der Waals surface area contributed by atoms with E-state index in [2.05, 4.69) is 42.2 Å². The Morgan fingerprint density at radius 1 is 0.975 bits per heavy atom. The molecule has 2 aromatic carbocycles. The number of carbonyl (C=O) groups is 1. The Labute approximate surface area is 262 Å². The van der Waals surface area contributed by atoms with Crippen LogP contribution in [0.3, 0.4) is 0 Å². The SMILES string of the molecule is CCC(CC)C(=O)/C=C(\O)C(CC)CC.[2H]C([2H])([2H])c1ccc(-c2cc3cc(-c4[c-]c(C)cc(C)c4)ncc3s2)cc1.[Ir]. The number of thiophene rings is 1. The third kappa shape index (κ3) is 8.96. The van der Waals surface area contributed by atoms with Crippen molar-refractivity contribution >= 4 is 27.2 Å². The molecule has 4 aromatic rings. The number of hydrogen-bond acceptors (Lipinski definition) is 4. The van der Waals surface area contributed by atoms with Gasteiger partial charge in [0.2, 0.25) is 0 Å². The zero-order chi connectivity index (χ0) is 31.0. The number of fused-ring (bicyclic) bond motifs is 1. The van der Waals surface area contributed by atoms with Crippen molar-refractivity contribution < 1.29 is 34.1 Å². The van der Waals surface area contributed by atoms with Gasteiger partial charge in [0.1, 0.15) is 0 Å². The Morgan fingerprint density at radius 2 is 1.62 bits per heavy atom. The summed E-state index contributed by atoms with van der Waals surface area (Å²) in [7, 11) is 0. The van der Waals surface area contributed by atoms with Crippen LogP contribution in [-0.4, -0.2) is 15.9 Å². The molecule has 0 unspecified atom stereocenters. The summed E-state index contributed by atoms with van der Waals surface area (Å²) in [5, 5.41) is 10.9. The molecule has 5 heteroatoms. The number of aliphatic hydroxyl groups is 1. The van der Waals surface area contributed by atoms with E-state index in [1.54, 1.807) is 23.5 Å². The molecule has 0 aliphatic heterocycles. The molecule has 2 heterocycles. The fourth-order valence-corrected chi connectivity index (χ4v) is 5.70. The first-order valence-corrected chi connectivity index (χ1v) is 14.7. The molecule has 0 fully saturated rings. The summed E-state index contributed by atoms with van der Waals surface area (Å²) in [5.74, 6) is 0.547. The summed E-state index contributed by atoms with van der Waals surface area (Å²) in [5.41, 5.74) is 5.60. The topological polar surface area (TPSA) is 50.2 Å². The normalized spacial score (nSPS) is 12.8. The number of nitrogens with zero attached hydrogens (tertiary/aromatic N) is 1. The van der Waals surface area contributed by atoms with Gasteiger partial charge in [0, 0.05) is 53.2 Å². The number of carbonyl (C=O) groups excluding carboxylic acids is 1. The smallest absolute Gasteiger partial charge is 0.162 e. The molecule has 2 aromatic heterocycles. The Kier molecular flexibility index (Phi) is 11.6. The number of ketones is 1. The van der Waals surface area contributed by atoms with Gasteiger partial charge in [-0.15, -0.1) is 46.2 Å². The second-order valence-corrected chi connectivity index (χ2v) is 11.1. The number of rotatable bonds is 9. The number of aryl methyl sites for hydroxylation is 3. The summed E-state index contributed by atoms with van der Waals surface area (Å²) in [4.78, 5) is 17.4. The van der Waals surface area contributed by atoms with E-state index in [-0.39, 0.29) is 43.5 Å². The second-order valence-electron chi connectivity index (χ2n) is 10.0. The van der Waals surface area contributed by atoms with Crippen molar-refractivity contribution in [2.75, 3.05) is 0 Å². The van der Waals surface area contributed by atoms with Gasteiger partial charge in [-0.1, -0.05) is 77.4 Å². The zero-order valence-corrected chi connectivity index (χ0v) is 27.5. The molecule has 40 heavy (non-hydrogen) atoms. The Bertz CT molecular complexity index is 1500. The van der Waals surface area contributed by atoms with Crippen molar-refractivity contribution in [3.63, 3.8) is 0 Å². The maximum atomic E-state index is 11.7. The molecule has 0 bridgehead atoms. The minimum absolute atomic E-state index is 0. The second kappa shape index (κ2) is 16.0. The van der Waals surface area contributed by atoms with Gasteiger partial charge in [0.05, 0.1) is 10.5 Å². The molecule has 0 saturated heterocycles. The Balaban J connectivity index is 0.000000348. The first-order chi connectivity index (χ1) is 19.9. The molecular weight excluding hydrogens is 691 g/mol. The number of aliphatic hydroxyl groups excluding tert-OH is 1. The number of benzene rings is 2. The molecule has 0 aliphatic rings. The van der Waals surface area contributed by atoms with Gasteiger partial charge in [-0.25, -0.2) is 0 Å². The standard InChI is InChI=1S/C22H18NS.C13H24O2.Ir/c1-14-4-6-17(7-5-14)21-12-19-11-20(23-13-22(19)24-21)18-9-15(2)8-16(3)10-18;1-5-10(6-2)12(14)9-13(15)11(7-3)8-4;/h4-9,11-13H,1-3H3;9-11,14H,5-8H2,1-4H3;/q-1;;/b;12-9-;/i1D3;;. The number of hydrogen-bond donors (Lipinski definition) is 1. The van der Waals surface area contributed by atoms with Crippen molar-refractivity contribution in [3.8, 4) is 21.7 Å². The van der Waals surface area contributed by atoms with Crippen LogP contribution in [0.25, 0.3) is 31.8 Å². The quantitative estimate of drug-likeness (QED) is 0.106. The zero-order valence-electron chi connectivity index (χ0n) is 27.3. The summed E-state index contributed by atoms with van der Waals surface area (Å²) < 4.78 is 23.6. The van der Waals surface area contributed by atoms with Crippen molar-refractivity contribution in [2.24, 2.45) is 11.8 Å². The van der Waals surface area contributed by atoms with Crippen molar-refractivity contribution in [3.05, 3.63) is 89.3 Å². The fourth-order valence-electron chi connectivity index (χ4n) is 4.68. The van der Waals surface area contributed by atoms with Crippen LogP contribution in [0.1, 0.15) is 74.2 Å². The van der Waals surface area contributed by atoms with E-state index < -0.39 is 6.85 Å². The molecule has 0 amide bonds. The minimum Gasteiger partial charge on any atom is -0.512 e. The molecule has 0 aliphatic carbocycles. The van der Waals surface area contributed by atoms with Crippen LogP contribution < -0.4 is 0 Å². The number of allylic oxidation sites excluding steroid dienone is 2. The van der Waals surface area contributed by atoms with Crippen LogP contribution in [0, 0.1) is 38.6 Å². The summed E-state index contributed by atoms with van der Waals surface area (Å²) in [6.45, 7) is 10.1. The molecule has 0 spiro atoms. The predicted molar refractivity (Wildman–Crippen MR) is 167 cm³/mol. The Morgan fingerprint density at radius 3 is 2.20 bits per heavy atom. The molecule has 1 radical (unpaired) electrons. The van der Waals surface area contributed by atoms with Crippen LogP contribution in [0.5, 0.6) is 0 Å². The molecule has 215 valence electrons. The van der Waals surface area contributed by atoms with Crippen LogP contribution in [-0.2, 0) is 24.9 Å². The van der Waals surface area contributed by atoms with Crippen molar-refractivity contribution in [1.82, 2.24) is 4.98 Å². The van der Waals surface area contributed by atoms with E-state index in [0.717, 1.165) is 63.0 Å². The van der Waals surface area contributed by atoms with Crippen LogP contribution in [0.2, 0.25) is 0 Å². The first-order valence-electron chi connectivity index (χ1n) is 15.4. The van der Waals surface area contributed by atoms with Crippen LogP contribution in [0.4, 0.5) is 0 Å². The summed E-state index contributed by atoms with van der Waals surface area (Å²) in [6.07, 6.45) is 6.81. The van der Waals surface area contributed by atoms with Gasteiger partial charge >= 0.3 is 0 Å². The monoisotopic (exact) mass is 736 g/mol. The first kappa shape index (κ1) is 28.9. The van der Waals surface area contributed by atoms with E-state index in [4.69, 9.17) is 4.11 Å². The molecule has 3 nitrogen and oxygen atoms in total. The molecule has 0 saturated carbocycles. The molecule has 0 atom stereocenters. The average Bonchev–Trinajstić information content (AvgIpc) is 3.37. The van der Waals surface area contributed by atoms with Gasteiger partial charge in [0.15, 0.2) is 5.78 Å². The Hall–Kier alpha value is -2.59. The average molecular weight is 736 g/mol. The fraction of sp³-hybridized carbons (Fsp3) is 0.371. The number of pyridine rings is 1. The van der Waals surface area contributed by atoms with E-state index in [0.29, 0.717) is 5.56 Å². The number of aromatic nitrogens is 1. The van der Waals surface area contributed by atoms with E-state index >= 15 is 0 Å². The van der Waals surface area contributed by atoms with Crippen LogP contribution in [0.15, 0.2) is 66.6 Å². The summed E-state index contributed by atoms with van der Waals surface area (Å²) >= 11 is 1.66. The largest absolute Gasteiger partial charge is 0.512 e. The van der Waals surface area contributed by atoms with E-state index in [9.17, 15) is 9.90 Å². The molecule has 1 N–H and O–H groups in total. The van der Waals surface area contributed by atoms with Gasteiger partial charge in [-0.2, -0.15) is 0 Å². The predicted octanol–water partition coefficient (Wildman–Crippen LogP) is 10.2. The van der Waals surface area contributed by atoms with Gasteiger partial charge in [-0.05, 0) is 55.2 Å². The summed E-state index contributed by atoms with van der Waals surface area (Å²) in [6, 6.07) is 18.9. The minimum atomic E-state index is -2.07. The molecular formula is C35H42IrNO2S-. The van der Waals surface area contributed by atoms with Crippen LogP contribution >= 0.6 is 11.3 Å². The third-order valence-corrected chi connectivity index (χ3v) is 8.21. The van der Waals surface area contributed by atoms with Gasteiger partial charge < -0.3 is 10.1 Å². The van der Waals surface area contributed by atoms with E-state index in [1.165, 1.54) is 11.6 Å². The van der Waals surface area contributed by atoms with Crippen molar-refractivity contribution in [1.29, 1.82) is 0 Å².